The Labute approximate surface area is 146 Å². The van der Waals surface area contributed by atoms with Gasteiger partial charge in [-0.1, -0.05) is 11.6 Å². The van der Waals surface area contributed by atoms with E-state index in [0.717, 1.165) is 10.4 Å². The van der Waals surface area contributed by atoms with E-state index < -0.39 is 11.8 Å². The topological polar surface area (TPSA) is 81.4 Å². The van der Waals surface area contributed by atoms with Gasteiger partial charge in [0, 0.05) is 27.7 Å². The average Bonchev–Trinajstić information content (AvgIpc) is 3.08. The third kappa shape index (κ3) is 2.76. The molecule has 0 fully saturated rings. The van der Waals surface area contributed by atoms with Crippen molar-refractivity contribution in [2.45, 2.75) is 13.5 Å². The molecule has 2 heterocycles. The molecular weight excluding hydrogens is 352 g/mol. The molecule has 1 N–H and O–H groups in total. The molecule has 0 aliphatic rings. The number of ether oxygens (including phenoxy) is 1. The van der Waals surface area contributed by atoms with Gasteiger partial charge in [0.2, 0.25) is 0 Å². The van der Waals surface area contributed by atoms with Gasteiger partial charge in [0.25, 0.3) is 5.78 Å². The van der Waals surface area contributed by atoms with E-state index >= 15 is 0 Å². The Hall–Kier alpha value is -2.38. The van der Waals surface area contributed by atoms with Crippen molar-refractivity contribution in [2.75, 3.05) is 7.11 Å². The van der Waals surface area contributed by atoms with Gasteiger partial charge >= 0.3 is 5.97 Å². The van der Waals surface area contributed by atoms with Gasteiger partial charge in [-0.25, -0.2) is 9.78 Å². The Balaban J connectivity index is 2.23. The van der Waals surface area contributed by atoms with Gasteiger partial charge in [-0.2, -0.15) is 0 Å². The van der Waals surface area contributed by atoms with Crippen molar-refractivity contribution in [1.29, 1.82) is 0 Å². The van der Waals surface area contributed by atoms with Crippen molar-refractivity contribution in [3.63, 3.8) is 0 Å². The number of ketones is 1. The van der Waals surface area contributed by atoms with E-state index in [-0.39, 0.29) is 5.56 Å². The van der Waals surface area contributed by atoms with E-state index in [0.29, 0.717) is 27.8 Å². The standard InChI is InChI=1S/C16H13ClN2O4S/c1-8-13(14(20)15(21)22)11-5-9(23-2)3-4-12(11)19(8)7-10-6-18-16(17)24-10/h3-6H,7H2,1-2H3,(H,21,22). The summed E-state index contributed by atoms with van der Waals surface area (Å²) in [5.41, 5.74) is 1.50. The number of carboxylic acid groups (broad SMARTS) is 1. The Bertz CT molecular complexity index is 961. The minimum atomic E-state index is -1.49. The van der Waals surface area contributed by atoms with Gasteiger partial charge in [-0.3, -0.25) is 4.79 Å². The summed E-state index contributed by atoms with van der Waals surface area (Å²) in [5.74, 6) is -1.87. The molecule has 0 unspecified atom stereocenters. The second-order valence-corrected chi connectivity index (χ2v) is 6.84. The molecule has 0 radical (unpaired) electrons. The molecule has 0 saturated heterocycles. The quantitative estimate of drug-likeness (QED) is 0.554. The van der Waals surface area contributed by atoms with E-state index in [1.165, 1.54) is 18.4 Å². The number of fused-ring (bicyclic) bond motifs is 1. The van der Waals surface area contributed by atoms with Crippen LogP contribution in [0.4, 0.5) is 0 Å². The fourth-order valence-corrected chi connectivity index (χ4v) is 3.67. The molecule has 0 amide bonds. The minimum Gasteiger partial charge on any atom is -0.497 e. The molecule has 124 valence electrons. The number of aliphatic carboxylic acids is 1. The first-order valence-corrected chi connectivity index (χ1v) is 8.16. The summed E-state index contributed by atoms with van der Waals surface area (Å²) in [4.78, 5) is 28.3. The zero-order valence-corrected chi connectivity index (χ0v) is 14.4. The van der Waals surface area contributed by atoms with Gasteiger partial charge in [-0.15, -0.1) is 11.3 Å². The lowest BCUT2D eigenvalue weighted by molar-refractivity contribution is -0.131. The lowest BCUT2D eigenvalue weighted by atomic mass is 10.1. The number of carbonyl (C=O) groups excluding carboxylic acids is 1. The van der Waals surface area contributed by atoms with Crippen LogP contribution >= 0.6 is 22.9 Å². The number of hydrogen-bond acceptors (Lipinski definition) is 5. The van der Waals surface area contributed by atoms with E-state index in [2.05, 4.69) is 4.98 Å². The van der Waals surface area contributed by atoms with Crippen molar-refractivity contribution < 1.29 is 19.4 Å². The molecule has 2 aromatic heterocycles. The van der Waals surface area contributed by atoms with E-state index in [1.54, 1.807) is 25.3 Å². The molecular formula is C16H13ClN2O4S. The highest BCUT2D eigenvalue weighted by Gasteiger charge is 2.25. The number of benzene rings is 1. The predicted octanol–water partition coefficient (Wildman–Crippen LogP) is 3.38. The van der Waals surface area contributed by atoms with Crippen molar-refractivity contribution >= 4 is 45.6 Å². The highest BCUT2D eigenvalue weighted by Crippen LogP contribution is 2.31. The number of thiazole rings is 1. The first-order valence-electron chi connectivity index (χ1n) is 6.97. The summed E-state index contributed by atoms with van der Waals surface area (Å²) in [5, 5.41) is 9.68. The van der Waals surface area contributed by atoms with Crippen LogP contribution in [-0.2, 0) is 11.3 Å². The average molecular weight is 365 g/mol. The maximum atomic E-state index is 12.2. The highest BCUT2D eigenvalue weighted by molar-refractivity contribution is 7.15. The highest BCUT2D eigenvalue weighted by atomic mass is 35.5. The van der Waals surface area contributed by atoms with Crippen LogP contribution in [0.15, 0.2) is 24.4 Å². The van der Waals surface area contributed by atoms with Crippen molar-refractivity contribution in [3.8, 4) is 5.75 Å². The molecule has 24 heavy (non-hydrogen) atoms. The molecule has 0 atom stereocenters. The summed E-state index contributed by atoms with van der Waals surface area (Å²) in [6.07, 6.45) is 1.67. The number of rotatable bonds is 5. The first kappa shape index (κ1) is 16.5. The summed E-state index contributed by atoms with van der Waals surface area (Å²) in [6.45, 7) is 2.18. The Morgan fingerprint density at radius 2 is 2.17 bits per heavy atom. The number of halogens is 1. The van der Waals surface area contributed by atoms with Crippen LogP contribution in [0.2, 0.25) is 4.47 Å². The normalized spacial score (nSPS) is 11.0. The fraction of sp³-hybridized carbons (Fsp3) is 0.188. The number of carbonyl (C=O) groups is 2. The fourth-order valence-electron chi connectivity index (χ4n) is 2.70. The van der Waals surface area contributed by atoms with Gasteiger partial charge in [-0.05, 0) is 25.1 Å². The number of nitrogens with zero attached hydrogens (tertiary/aromatic N) is 2. The van der Waals surface area contributed by atoms with Crippen molar-refractivity contribution in [2.24, 2.45) is 0 Å². The molecule has 0 aliphatic carbocycles. The predicted molar refractivity (Wildman–Crippen MR) is 91.4 cm³/mol. The van der Waals surface area contributed by atoms with E-state index in [4.69, 9.17) is 21.4 Å². The van der Waals surface area contributed by atoms with E-state index in [1.807, 2.05) is 10.6 Å². The van der Waals surface area contributed by atoms with Crippen molar-refractivity contribution in [1.82, 2.24) is 9.55 Å². The lowest BCUT2D eigenvalue weighted by Crippen LogP contribution is -2.14. The molecule has 0 bridgehead atoms. The van der Waals surface area contributed by atoms with Crippen LogP contribution in [0.1, 0.15) is 20.9 Å². The summed E-state index contributed by atoms with van der Waals surface area (Å²) in [6, 6.07) is 5.25. The largest absolute Gasteiger partial charge is 0.497 e. The summed E-state index contributed by atoms with van der Waals surface area (Å²) < 4.78 is 7.51. The molecule has 1 aromatic carbocycles. The van der Waals surface area contributed by atoms with Gasteiger partial charge in [0.1, 0.15) is 5.75 Å². The van der Waals surface area contributed by atoms with Crippen LogP contribution in [0.25, 0.3) is 10.9 Å². The van der Waals surface area contributed by atoms with Crippen LogP contribution in [0.3, 0.4) is 0 Å². The van der Waals surface area contributed by atoms with Crippen molar-refractivity contribution in [3.05, 3.63) is 45.0 Å². The second-order valence-electron chi connectivity index (χ2n) is 5.14. The molecule has 0 saturated carbocycles. The third-order valence-electron chi connectivity index (χ3n) is 3.79. The summed E-state index contributed by atoms with van der Waals surface area (Å²) >= 11 is 7.21. The third-order valence-corrected chi connectivity index (χ3v) is 4.89. The first-order chi connectivity index (χ1) is 11.4. The van der Waals surface area contributed by atoms with Gasteiger partial charge in [0.05, 0.1) is 19.2 Å². The van der Waals surface area contributed by atoms with E-state index in [9.17, 15) is 9.59 Å². The SMILES string of the molecule is COc1ccc2c(c1)c(C(=O)C(=O)O)c(C)n2Cc1cnc(Cl)s1. The number of Topliss-reactive ketones (excluding diaryl/α,β-unsaturated/α-hetero) is 1. The zero-order valence-electron chi connectivity index (χ0n) is 12.9. The monoisotopic (exact) mass is 364 g/mol. The van der Waals surface area contributed by atoms with Gasteiger partial charge in [0.15, 0.2) is 4.47 Å². The van der Waals surface area contributed by atoms with Crippen LogP contribution in [-0.4, -0.2) is 33.5 Å². The summed E-state index contributed by atoms with van der Waals surface area (Å²) in [7, 11) is 1.52. The second kappa shape index (κ2) is 6.26. The molecule has 3 rings (SSSR count). The molecule has 0 aliphatic heterocycles. The number of carboxylic acids is 1. The maximum absolute atomic E-state index is 12.2. The maximum Gasteiger partial charge on any atom is 0.377 e. The van der Waals surface area contributed by atoms with Gasteiger partial charge < -0.3 is 14.4 Å². The lowest BCUT2D eigenvalue weighted by Gasteiger charge is -2.07. The minimum absolute atomic E-state index is 0.173. The Morgan fingerprint density at radius 1 is 1.42 bits per heavy atom. The smallest absolute Gasteiger partial charge is 0.377 e. The molecule has 8 heteroatoms. The molecule has 0 spiro atoms. The molecule has 6 nitrogen and oxygen atoms in total. The van der Waals surface area contributed by atoms with Crippen LogP contribution in [0, 0.1) is 6.92 Å². The number of hydrogen-bond donors (Lipinski definition) is 1. The van der Waals surface area contributed by atoms with Crippen LogP contribution in [0.5, 0.6) is 5.75 Å². The number of aromatic nitrogens is 2. The molecule has 3 aromatic rings. The Kier molecular flexibility index (Phi) is 4.29. The number of methoxy groups -OCH3 is 1. The zero-order chi connectivity index (χ0) is 17.4. The Morgan fingerprint density at radius 3 is 2.75 bits per heavy atom. The van der Waals surface area contributed by atoms with Crippen LogP contribution < -0.4 is 4.74 Å².